The lowest BCUT2D eigenvalue weighted by Crippen LogP contribution is -2.08. The van der Waals surface area contributed by atoms with Gasteiger partial charge in [0, 0.05) is 12.0 Å². The number of esters is 1. The highest BCUT2D eigenvalue weighted by molar-refractivity contribution is 5.76. The van der Waals surface area contributed by atoms with Crippen LogP contribution < -0.4 is 5.73 Å². The van der Waals surface area contributed by atoms with Crippen molar-refractivity contribution in [2.45, 2.75) is 19.3 Å². The minimum atomic E-state index is -0.449. The third-order valence-electron chi connectivity index (χ3n) is 2.33. The maximum atomic E-state index is 11.1. The number of amides is 1. The van der Waals surface area contributed by atoms with Crippen molar-refractivity contribution in [2.75, 3.05) is 7.11 Å². The largest absolute Gasteiger partial charge is 0.469 e. The predicted octanol–water partition coefficient (Wildman–Crippen LogP) is 1.02. The number of carbonyl (C=O) groups excluding carboxylic acids is 2. The van der Waals surface area contributed by atoms with E-state index in [2.05, 4.69) is 16.6 Å². The van der Waals surface area contributed by atoms with E-state index in [1.807, 2.05) is 24.3 Å². The Morgan fingerprint density at radius 3 is 2.72 bits per heavy atom. The summed E-state index contributed by atoms with van der Waals surface area (Å²) in [6.45, 7) is 0. The van der Waals surface area contributed by atoms with Gasteiger partial charge >= 0.3 is 5.97 Å². The van der Waals surface area contributed by atoms with E-state index in [-0.39, 0.29) is 12.4 Å². The van der Waals surface area contributed by atoms with Gasteiger partial charge in [0.2, 0.25) is 5.91 Å². The molecule has 0 aliphatic carbocycles. The smallest absolute Gasteiger partial charge is 0.305 e. The molecule has 4 nitrogen and oxygen atoms in total. The highest BCUT2D eigenvalue weighted by Crippen LogP contribution is 2.10. The van der Waals surface area contributed by atoms with Crippen LogP contribution in [0.2, 0.25) is 0 Å². The van der Waals surface area contributed by atoms with Crippen molar-refractivity contribution in [1.29, 1.82) is 0 Å². The molecule has 2 N–H and O–H groups in total. The number of rotatable bonds is 4. The van der Waals surface area contributed by atoms with Crippen LogP contribution in [0.3, 0.4) is 0 Å². The molecule has 18 heavy (non-hydrogen) atoms. The molecular weight excluding hydrogens is 230 g/mol. The Balaban J connectivity index is 2.75. The lowest BCUT2D eigenvalue weighted by molar-refractivity contribution is -0.140. The van der Waals surface area contributed by atoms with Crippen LogP contribution in [-0.4, -0.2) is 19.0 Å². The molecule has 0 radical (unpaired) electrons. The summed E-state index contributed by atoms with van der Waals surface area (Å²) in [6, 6.07) is 7.49. The van der Waals surface area contributed by atoms with Gasteiger partial charge in [-0.25, -0.2) is 0 Å². The van der Waals surface area contributed by atoms with Crippen molar-refractivity contribution in [3.63, 3.8) is 0 Å². The van der Waals surface area contributed by atoms with Gasteiger partial charge in [-0.3, -0.25) is 9.59 Å². The van der Waals surface area contributed by atoms with Crippen LogP contribution in [0, 0.1) is 11.8 Å². The number of aryl methyl sites for hydroxylation is 1. The third kappa shape index (κ3) is 4.71. The van der Waals surface area contributed by atoms with Crippen LogP contribution in [0.4, 0.5) is 0 Å². The summed E-state index contributed by atoms with van der Waals surface area (Å²) in [5, 5.41) is 0. The van der Waals surface area contributed by atoms with Crippen LogP contribution >= 0.6 is 0 Å². The third-order valence-corrected chi connectivity index (χ3v) is 2.33. The Morgan fingerprint density at radius 1 is 1.33 bits per heavy atom. The standard InChI is InChI=1S/C14H15NO3/c1-18-14(17)10-9-12-6-3-2-5-11(12)7-4-8-13(15)16/h2-3,5-6H,8-10H2,1H3,(H2,15,16). The molecule has 0 aromatic heterocycles. The summed E-state index contributed by atoms with van der Waals surface area (Å²) in [4.78, 5) is 21.7. The fourth-order valence-electron chi connectivity index (χ4n) is 1.43. The molecule has 0 spiro atoms. The van der Waals surface area contributed by atoms with E-state index >= 15 is 0 Å². The summed E-state index contributed by atoms with van der Waals surface area (Å²) in [5.41, 5.74) is 6.77. The lowest BCUT2D eigenvalue weighted by atomic mass is 10.0. The average Bonchev–Trinajstić information content (AvgIpc) is 2.36. The minimum absolute atomic E-state index is 0.0331. The highest BCUT2D eigenvalue weighted by atomic mass is 16.5. The molecule has 0 bridgehead atoms. The zero-order valence-corrected chi connectivity index (χ0v) is 10.2. The number of nitrogens with two attached hydrogens (primary N) is 1. The molecule has 0 heterocycles. The van der Waals surface area contributed by atoms with Gasteiger partial charge in [0.25, 0.3) is 0 Å². The van der Waals surface area contributed by atoms with Crippen LogP contribution in [0.5, 0.6) is 0 Å². The summed E-state index contributed by atoms with van der Waals surface area (Å²) in [6.07, 6.45) is 0.907. The first kappa shape index (κ1) is 13.8. The number of ether oxygens (including phenoxy) is 1. The maximum absolute atomic E-state index is 11.1. The van der Waals surface area contributed by atoms with Gasteiger partial charge in [0.1, 0.15) is 0 Å². The van der Waals surface area contributed by atoms with Gasteiger partial charge in [-0.1, -0.05) is 30.0 Å². The van der Waals surface area contributed by atoms with Crippen molar-refractivity contribution >= 4 is 11.9 Å². The van der Waals surface area contributed by atoms with Gasteiger partial charge in [-0.15, -0.1) is 0 Å². The van der Waals surface area contributed by atoms with E-state index in [1.165, 1.54) is 7.11 Å². The van der Waals surface area contributed by atoms with Crippen molar-refractivity contribution < 1.29 is 14.3 Å². The second-order valence-corrected chi connectivity index (χ2v) is 3.68. The van der Waals surface area contributed by atoms with Crippen LogP contribution in [-0.2, 0) is 20.7 Å². The van der Waals surface area contributed by atoms with Crippen molar-refractivity contribution in [2.24, 2.45) is 5.73 Å². The van der Waals surface area contributed by atoms with Crippen molar-refractivity contribution in [1.82, 2.24) is 0 Å². The molecule has 94 valence electrons. The molecule has 0 aliphatic heterocycles. The Kier molecular flexibility index (Phi) is 5.46. The summed E-state index contributed by atoms with van der Waals surface area (Å²) < 4.78 is 4.59. The quantitative estimate of drug-likeness (QED) is 0.636. The normalized spacial score (nSPS) is 9.17. The molecule has 0 aliphatic rings. The number of primary amides is 1. The molecule has 0 saturated heterocycles. The van der Waals surface area contributed by atoms with Crippen molar-refractivity contribution in [3.8, 4) is 11.8 Å². The average molecular weight is 245 g/mol. The number of hydrogen-bond acceptors (Lipinski definition) is 3. The monoisotopic (exact) mass is 245 g/mol. The molecular formula is C14H15NO3. The highest BCUT2D eigenvalue weighted by Gasteiger charge is 2.04. The molecule has 1 rings (SSSR count). The van der Waals surface area contributed by atoms with E-state index in [4.69, 9.17) is 5.73 Å². The summed E-state index contributed by atoms with van der Waals surface area (Å²) in [5.74, 6) is 4.88. The Labute approximate surface area is 106 Å². The molecule has 0 atom stereocenters. The lowest BCUT2D eigenvalue weighted by Gasteiger charge is -2.03. The van der Waals surface area contributed by atoms with E-state index < -0.39 is 5.91 Å². The second-order valence-electron chi connectivity index (χ2n) is 3.68. The molecule has 1 aromatic rings. The van der Waals surface area contributed by atoms with Crippen LogP contribution in [0.25, 0.3) is 0 Å². The SMILES string of the molecule is COC(=O)CCc1ccccc1C#CCC(N)=O. The number of carbonyl (C=O) groups is 2. The zero-order chi connectivity index (χ0) is 13.4. The second kappa shape index (κ2) is 7.13. The Bertz CT molecular complexity index is 497. The summed E-state index contributed by atoms with van der Waals surface area (Å²) in [7, 11) is 1.36. The van der Waals surface area contributed by atoms with Gasteiger partial charge in [-0.05, 0) is 18.1 Å². The number of methoxy groups -OCH3 is 1. The number of benzene rings is 1. The Hall–Kier alpha value is -2.28. The molecule has 4 heteroatoms. The van der Waals surface area contributed by atoms with E-state index in [0.29, 0.717) is 12.8 Å². The van der Waals surface area contributed by atoms with E-state index in [1.54, 1.807) is 0 Å². The van der Waals surface area contributed by atoms with Gasteiger partial charge in [-0.2, -0.15) is 0 Å². The molecule has 0 fully saturated rings. The first-order chi connectivity index (χ1) is 8.63. The maximum Gasteiger partial charge on any atom is 0.305 e. The fraction of sp³-hybridized carbons (Fsp3) is 0.286. The fourth-order valence-corrected chi connectivity index (χ4v) is 1.43. The minimum Gasteiger partial charge on any atom is -0.469 e. The number of hydrogen-bond donors (Lipinski definition) is 1. The van der Waals surface area contributed by atoms with Gasteiger partial charge in [0.05, 0.1) is 13.5 Å². The topological polar surface area (TPSA) is 69.4 Å². The zero-order valence-electron chi connectivity index (χ0n) is 10.2. The van der Waals surface area contributed by atoms with Crippen LogP contribution in [0.15, 0.2) is 24.3 Å². The van der Waals surface area contributed by atoms with Crippen LogP contribution in [0.1, 0.15) is 24.0 Å². The first-order valence-corrected chi connectivity index (χ1v) is 5.55. The molecule has 1 aromatic carbocycles. The predicted molar refractivity (Wildman–Crippen MR) is 67.5 cm³/mol. The van der Waals surface area contributed by atoms with E-state index in [0.717, 1.165) is 11.1 Å². The van der Waals surface area contributed by atoms with Gasteiger partial charge < -0.3 is 10.5 Å². The Morgan fingerprint density at radius 2 is 2.06 bits per heavy atom. The van der Waals surface area contributed by atoms with Crippen molar-refractivity contribution in [3.05, 3.63) is 35.4 Å². The molecule has 1 amide bonds. The first-order valence-electron chi connectivity index (χ1n) is 5.55. The molecule has 0 unspecified atom stereocenters. The summed E-state index contributed by atoms with van der Waals surface area (Å²) >= 11 is 0. The molecule has 0 saturated carbocycles. The van der Waals surface area contributed by atoms with E-state index in [9.17, 15) is 9.59 Å². The van der Waals surface area contributed by atoms with Gasteiger partial charge in [0.15, 0.2) is 0 Å².